The van der Waals surface area contributed by atoms with Crippen LogP contribution in [0, 0.1) is 0 Å². The number of methoxy groups -OCH3 is 1. The molecule has 3 atom stereocenters. The minimum Gasteiger partial charge on any atom is -0.382 e. The number of anilines is 1. The number of aliphatic imine (C=N–C) groups is 1. The number of aromatic nitrogens is 2. The van der Waals surface area contributed by atoms with Gasteiger partial charge in [-0.3, -0.25) is 23.8 Å². The molecule has 0 aliphatic rings. The number of hydrogen-bond acceptors (Lipinski definition) is 9. The third-order valence-electron chi connectivity index (χ3n) is 3.20. The molecule has 12 heteroatoms. The Kier molecular flexibility index (Phi) is 9.78. The maximum atomic E-state index is 11.9. The minimum atomic E-state index is -4.17. The molecule has 0 aromatic carbocycles. The van der Waals surface area contributed by atoms with Crippen LogP contribution in [0.4, 0.5) is 11.6 Å². The number of phosphoric ester groups is 1. The number of nitrogen functional groups attached to an aromatic ring is 1. The molecule has 3 unspecified atom stereocenters. The first-order chi connectivity index (χ1) is 12.7. The van der Waals surface area contributed by atoms with Gasteiger partial charge in [0.1, 0.15) is 5.69 Å². The van der Waals surface area contributed by atoms with Crippen molar-refractivity contribution in [3.05, 3.63) is 16.0 Å². The first-order valence-electron chi connectivity index (χ1n) is 8.32. The fourth-order valence-corrected chi connectivity index (χ4v) is 2.94. The molecule has 0 aliphatic heterocycles. The molecule has 27 heavy (non-hydrogen) atoms. The summed E-state index contributed by atoms with van der Waals surface area (Å²) < 4.78 is 31.7. The molecule has 154 valence electrons. The molecular formula is C15H27N4O7P. The highest BCUT2D eigenvalue weighted by Gasteiger charge is 2.23. The van der Waals surface area contributed by atoms with Crippen molar-refractivity contribution in [3.63, 3.8) is 0 Å². The molecule has 1 aromatic rings. The third-order valence-corrected chi connectivity index (χ3v) is 4.19. The molecule has 0 bridgehead atoms. The van der Waals surface area contributed by atoms with E-state index in [2.05, 4.69) is 15.0 Å². The SMILES string of the molecule is CC=Nc1c(CC(C)OC(C)COP(=O)(O)OCCOC)nc(N)[nH]c1=O. The van der Waals surface area contributed by atoms with E-state index in [0.29, 0.717) is 5.69 Å². The van der Waals surface area contributed by atoms with Gasteiger partial charge in [0.05, 0.1) is 37.7 Å². The number of phosphoric acid groups is 1. The van der Waals surface area contributed by atoms with Gasteiger partial charge in [-0.1, -0.05) is 0 Å². The van der Waals surface area contributed by atoms with E-state index in [1.807, 2.05) is 0 Å². The molecule has 1 rings (SSSR count). The van der Waals surface area contributed by atoms with Crippen LogP contribution in [0.3, 0.4) is 0 Å². The zero-order chi connectivity index (χ0) is 20.4. The normalized spacial score (nSPS) is 16.3. The standard InChI is InChI=1S/C15H27N4O7P/c1-5-17-13-12(18-15(16)19-14(13)20)8-10(2)26-11(3)9-25-27(21,22)24-7-6-23-4/h5,10-11H,6-9H2,1-4H3,(H,21,22)(H3,16,18,19,20). The molecule has 0 spiro atoms. The number of nitrogens with zero attached hydrogens (tertiary/aromatic N) is 2. The predicted molar refractivity (Wildman–Crippen MR) is 100 cm³/mol. The second-order valence-electron chi connectivity index (χ2n) is 5.69. The lowest BCUT2D eigenvalue weighted by atomic mass is 10.2. The molecule has 0 aliphatic carbocycles. The lowest BCUT2D eigenvalue weighted by Crippen LogP contribution is -2.25. The fourth-order valence-electron chi connectivity index (χ4n) is 2.17. The third kappa shape index (κ3) is 8.74. The van der Waals surface area contributed by atoms with Gasteiger partial charge in [0.25, 0.3) is 5.56 Å². The highest BCUT2D eigenvalue weighted by Crippen LogP contribution is 2.43. The zero-order valence-corrected chi connectivity index (χ0v) is 16.8. The summed E-state index contributed by atoms with van der Waals surface area (Å²) in [7, 11) is -2.72. The number of nitrogens with one attached hydrogen (secondary N) is 1. The first-order valence-corrected chi connectivity index (χ1v) is 9.81. The summed E-state index contributed by atoms with van der Waals surface area (Å²) in [4.78, 5) is 32.0. The lowest BCUT2D eigenvalue weighted by Gasteiger charge is -2.20. The molecular weight excluding hydrogens is 379 g/mol. The Hall–Kier alpha value is -1.62. The second-order valence-corrected chi connectivity index (χ2v) is 7.14. The number of H-pyrrole nitrogens is 1. The molecule has 0 radical (unpaired) electrons. The molecule has 0 saturated carbocycles. The summed E-state index contributed by atoms with van der Waals surface area (Å²) in [6.07, 6.45) is 0.863. The summed E-state index contributed by atoms with van der Waals surface area (Å²) in [5, 5.41) is 0. The van der Waals surface area contributed by atoms with Gasteiger partial charge in [-0.15, -0.1) is 0 Å². The van der Waals surface area contributed by atoms with Crippen LogP contribution in [-0.4, -0.2) is 60.2 Å². The number of rotatable bonds is 12. The maximum Gasteiger partial charge on any atom is 0.472 e. The van der Waals surface area contributed by atoms with Crippen LogP contribution in [-0.2, 0) is 29.5 Å². The number of ether oxygens (including phenoxy) is 2. The largest absolute Gasteiger partial charge is 0.472 e. The van der Waals surface area contributed by atoms with Crippen LogP contribution in [0.25, 0.3) is 0 Å². The smallest absolute Gasteiger partial charge is 0.382 e. The topological polar surface area (TPSA) is 158 Å². The molecule has 1 heterocycles. The summed E-state index contributed by atoms with van der Waals surface area (Å²) in [6.45, 7) is 5.08. The first kappa shape index (κ1) is 23.4. The van der Waals surface area contributed by atoms with Gasteiger partial charge in [0, 0.05) is 19.7 Å². The second kappa shape index (κ2) is 11.3. The highest BCUT2D eigenvalue weighted by molar-refractivity contribution is 7.47. The Bertz CT molecular complexity index is 725. The molecule has 4 N–H and O–H groups in total. The monoisotopic (exact) mass is 406 g/mol. The van der Waals surface area contributed by atoms with E-state index in [1.165, 1.54) is 13.3 Å². The van der Waals surface area contributed by atoms with Gasteiger partial charge in [-0.2, -0.15) is 0 Å². The van der Waals surface area contributed by atoms with Gasteiger partial charge >= 0.3 is 7.82 Å². The van der Waals surface area contributed by atoms with Gasteiger partial charge in [-0.25, -0.2) is 9.55 Å². The zero-order valence-electron chi connectivity index (χ0n) is 15.9. The Balaban J connectivity index is 2.61. The van der Waals surface area contributed by atoms with Crippen molar-refractivity contribution in [1.29, 1.82) is 0 Å². The van der Waals surface area contributed by atoms with Crippen LogP contribution in [0.15, 0.2) is 9.79 Å². The van der Waals surface area contributed by atoms with Crippen LogP contribution >= 0.6 is 7.82 Å². The van der Waals surface area contributed by atoms with Gasteiger partial charge < -0.3 is 20.1 Å². The van der Waals surface area contributed by atoms with Crippen LogP contribution in [0.2, 0.25) is 0 Å². The van der Waals surface area contributed by atoms with E-state index >= 15 is 0 Å². The van der Waals surface area contributed by atoms with Crippen LogP contribution < -0.4 is 11.3 Å². The van der Waals surface area contributed by atoms with Crippen molar-refractivity contribution in [1.82, 2.24) is 9.97 Å². The van der Waals surface area contributed by atoms with E-state index in [1.54, 1.807) is 20.8 Å². The summed E-state index contributed by atoms with van der Waals surface area (Å²) in [5.41, 5.74) is 5.71. The van der Waals surface area contributed by atoms with Crippen molar-refractivity contribution in [2.45, 2.75) is 39.4 Å². The highest BCUT2D eigenvalue weighted by atomic mass is 31.2. The van der Waals surface area contributed by atoms with E-state index in [0.717, 1.165) is 0 Å². The van der Waals surface area contributed by atoms with Gasteiger partial charge in [0.2, 0.25) is 5.95 Å². The summed E-state index contributed by atoms with van der Waals surface area (Å²) in [6, 6.07) is 0. The molecule has 0 fully saturated rings. The number of nitrogens with two attached hydrogens (primary N) is 1. The predicted octanol–water partition coefficient (Wildman–Crippen LogP) is 1.19. The maximum absolute atomic E-state index is 11.9. The summed E-state index contributed by atoms with van der Waals surface area (Å²) >= 11 is 0. The Morgan fingerprint density at radius 1 is 1.33 bits per heavy atom. The van der Waals surface area contributed by atoms with E-state index in [9.17, 15) is 14.3 Å². The minimum absolute atomic E-state index is 0.0111. The van der Waals surface area contributed by atoms with E-state index in [-0.39, 0.29) is 44.0 Å². The van der Waals surface area contributed by atoms with Gasteiger partial charge in [0.15, 0.2) is 0 Å². The number of aromatic amines is 1. The molecule has 0 amide bonds. The van der Waals surface area contributed by atoms with Gasteiger partial charge in [-0.05, 0) is 20.8 Å². The fraction of sp³-hybridized carbons (Fsp3) is 0.667. The molecule has 0 saturated heterocycles. The van der Waals surface area contributed by atoms with Crippen molar-refractivity contribution in [2.75, 3.05) is 32.7 Å². The van der Waals surface area contributed by atoms with Crippen molar-refractivity contribution < 1.29 is 28.0 Å². The molecule has 1 aromatic heterocycles. The van der Waals surface area contributed by atoms with Crippen molar-refractivity contribution in [2.24, 2.45) is 4.99 Å². The van der Waals surface area contributed by atoms with Crippen LogP contribution in [0.1, 0.15) is 26.5 Å². The van der Waals surface area contributed by atoms with Crippen molar-refractivity contribution >= 4 is 25.7 Å². The quantitative estimate of drug-likeness (QED) is 0.263. The number of hydrogen-bond donors (Lipinski definition) is 3. The summed E-state index contributed by atoms with van der Waals surface area (Å²) in [5.74, 6) is -0.0111. The average Bonchev–Trinajstić information content (AvgIpc) is 2.56. The van der Waals surface area contributed by atoms with Crippen molar-refractivity contribution in [3.8, 4) is 0 Å². The average molecular weight is 406 g/mol. The Labute approximate surface area is 157 Å². The van der Waals surface area contributed by atoms with E-state index in [4.69, 9.17) is 24.3 Å². The molecule has 11 nitrogen and oxygen atoms in total. The van der Waals surface area contributed by atoms with Crippen LogP contribution in [0.5, 0.6) is 0 Å². The lowest BCUT2D eigenvalue weighted by molar-refractivity contribution is -0.0229. The Morgan fingerprint density at radius 2 is 2.04 bits per heavy atom. The van der Waals surface area contributed by atoms with E-state index < -0.39 is 19.5 Å². The Morgan fingerprint density at radius 3 is 2.67 bits per heavy atom.